The molecule has 0 aliphatic heterocycles. The Hall–Kier alpha value is -2.13. The molecule has 0 saturated carbocycles. The van der Waals surface area contributed by atoms with E-state index in [1.54, 1.807) is 0 Å². The van der Waals surface area contributed by atoms with Gasteiger partial charge in [0.15, 0.2) is 0 Å². The summed E-state index contributed by atoms with van der Waals surface area (Å²) in [7, 11) is 0. The van der Waals surface area contributed by atoms with Gasteiger partial charge in [-0.3, -0.25) is 0 Å². The maximum Gasteiger partial charge on any atom is 0.0730 e. The van der Waals surface area contributed by atoms with Crippen LogP contribution in [0.15, 0.2) is 48.5 Å². The van der Waals surface area contributed by atoms with Crippen LogP contribution in [-0.4, -0.2) is 18.1 Å². The van der Waals surface area contributed by atoms with Crippen molar-refractivity contribution in [3.8, 4) is 0 Å². The van der Waals surface area contributed by atoms with Gasteiger partial charge in [0.25, 0.3) is 0 Å². The molecule has 3 heteroatoms. The van der Waals surface area contributed by atoms with Gasteiger partial charge < -0.3 is 11.1 Å². The number of para-hydroxylation sites is 2. The Morgan fingerprint density at radius 3 is 2.05 bits per heavy atom. The number of benzene rings is 2. The van der Waals surface area contributed by atoms with Gasteiger partial charge in [0.1, 0.15) is 0 Å². The van der Waals surface area contributed by atoms with Crippen molar-refractivity contribution in [2.75, 3.05) is 18.4 Å². The number of nitrogens with two attached hydrogens (primary N) is 1. The van der Waals surface area contributed by atoms with Gasteiger partial charge in [-0.15, -0.1) is 0 Å². The molecule has 0 bridgehead atoms. The predicted molar refractivity (Wildman–Crippen MR) is 81.4 cm³/mol. The first-order valence-corrected chi connectivity index (χ1v) is 6.61. The highest BCUT2D eigenvalue weighted by Gasteiger charge is 2.07. The first-order chi connectivity index (χ1) is 9.40. The quantitative estimate of drug-likeness (QED) is 0.553. The Balaban J connectivity index is 2.21. The molecule has 1 aromatic heterocycles. The summed E-state index contributed by atoms with van der Waals surface area (Å²) in [6.07, 6.45) is 0.963. The largest absolute Gasteiger partial charge is 0.384 e. The van der Waals surface area contributed by atoms with E-state index in [2.05, 4.69) is 29.6 Å². The lowest BCUT2D eigenvalue weighted by Gasteiger charge is -2.12. The van der Waals surface area contributed by atoms with Gasteiger partial charge in [0.05, 0.1) is 16.7 Å². The third-order valence-corrected chi connectivity index (χ3v) is 3.27. The number of nitrogens with zero attached hydrogens (tertiary/aromatic N) is 1. The van der Waals surface area contributed by atoms with Gasteiger partial charge in [-0.25, -0.2) is 4.98 Å². The number of pyridine rings is 1. The number of aromatic nitrogens is 1. The predicted octanol–water partition coefficient (Wildman–Crippen LogP) is 3.15. The summed E-state index contributed by atoms with van der Waals surface area (Å²) >= 11 is 0. The first kappa shape index (κ1) is 11.9. The molecule has 3 rings (SSSR count). The summed E-state index contributed by atoms with van der Waals surface area (Å²) in [5.41, 5.74) is 8.78. The lowest BCUT2D eigenvalue weighted by Crippen LogP contribution is -2.09. The normalized spacial score (nSPS) is 11.0. The van der Waals surface area contributed by atoms with E-state index >= 15 is 0 Å². The van der Waals surface area contributed by atoms with Crippen LogP contribution in [0.5, 0.6) is 0 Å². The number of rotatable bonds is 4. The van der Waals surface area contributed by atoms with Crippen molar-refractivity contribution in [3.63, 3.8) is 0 Å². The van der Waals surface area contributed by atoms with Crippen LogP contribution in [0.1, 0.15) is 6.42 Å². The maximum atomic E-state index is 5.57. The molecule has 3 nitrogen and oxygen atoms in total. The Bertz CT molecular complexity index is 653. The fourth-order valence-electron chi connectivity index (χ4n) is 2.35. The zero-order chi connectivity index (χ0) is 13.1. The molecule has 19 heavy (non-hydrogen) atoms. The SMILES string of the molecule is NCCCNc1c2ccccc2nc2ccccc12. The van der Waals surface area contributed by atoms with E-state index in [9.17, 15) is 0 Å². The van der Waals surface area contributed by atoms with E-state index in [1.807, 2.05) is 24.3 Å². The molecule has 0 amide bonds. The van der Waals surface area contributed by atoms with Crippen LogP contribution in [0.25, 0.3) is 21.8 Å². The summed E-state index contributed by atoms with van der Waals surface area (Å²) in [4.78, 5) is 4.70. The van der Waals surface area contributed by atoms with E-state index in [1.165, 1.54) is 10.8 Å². The molecule has 2 aromatic carbocycles. The van der Waals surface area contributed by atoms with E-state index in [0.29, 0.717) is 6.54 Å². The van der Waals surface area contributed by atoms with Gasteiger partial charge in [-0.1, -0.05) is 36.4 Å². The molecular formula is C16H17N3. The summed E-state index contributed by atoms with van der Waals surface area (Å²) < 4.78 is 0. The highest BCUT2D eigenvalue weighted by Crippen LogP contribution is 2.30. The second-order valence-corrected chi connectivity index (χ2v) is 4.59. The molecule has 0 radical (unpaired) electrons. The molecule has 0 fully saturated rings. The summed E-state index contributed by atoms with van der Waals surface area (Å²) in [6, 6.07) is 16.5. The van der Waals surface area contributed by atoms with Crippen LogP contribution < -0.4 is 11.1 Å². The number of nitrogens with one attached hydrogen (secondary N) is 1. The lowest BCUT2D eigenvalue weighted by atomic mass is 10.1. The maximum absolute atomic E-state index is 5.57. The Kier molecular flexibility index (Phi) is 3.29. The van der Waals surface area contributed by atoms with E-state index < -0.39 is 0 Å². The zero-order valence-corrected chi connectivity index (χ0v) is 10.8. The molecule has 96 valence electrons. The van der Waals surface area contributed by atoms with Crippen LogP contribution in [0, 0.1) is 0 Å². The third kappa shape index (κ3) is 2.25. The summed E-state index contributed by atoms with van der Waals surface area (Å²) in [6.45, 7) is 1.59. The van der Waals surface area contributed by atoms with Crippen LogP contribution in [0.4, 0.5) is 5.69 Å². The fourth-order valence-corrected chi connectivity index (χ4v) is 2.35. The van der Waals surface area contributed by atoms with Crippen molar-refractivity contribution in [3.05, 3.63) is 48.5 Å². The van der Waals surface area contributed by atoms with Gasteiger partial charge >= 0.3 is 0 Å². The number of hydrogen-bond acceptors (Lipinski definition) is 3. The molecule has 3 aromatic rings. The van der Waals surface area contributed by atoms with Crippen LogP contribution >= 0.6 is 0 Å². The average Bonchev–Trinajstić information content (AvgIpc) is 2.46. The highest BCUT2D eigenvalue weighted by molar-refractivity contribution is 6.07. The van der Waals surface area contributed by atoms with Crippen LogP contribution in [-0.2, 0) is 0 Å². The molecule has 1 heterocycles. The fraction of sp³-hybridized carbons (Fsp3) is 0.188. The second-order valence-electron chi connectivity index (χ2n) is 4.59. The van der Waals surface area contributed by atoms with E-state index in [-0.39, 0.29) is 0 Å². The molecule has 0 spiro atoms. The van der Waals surface area contributed by atoms with Crippen molar-refractivity contribution in [1.29, 1.82) is 0 Å². The van der Waals surface area contributed by atoms with Gasteiger partial charge in [-0.05, 0) is 25.1 Å². The molecule has 0 aliphatic rings. The summed E-state index contributed by atoms with van der Waals surface area (Å²) in [5, 5.41) is 5.84. The minimum absolute atomic E-state index is 0.702. The third-order valence-electron chi connectivity index (χ3n) is 3.27. The smallest absolute Gasteiger partial charge is 0.0730 e. The van der Waals surface area contributed by atoms with Gasteiger partial charge in [0.2, 0.25) is 0 Å². The second kappa shape index (κ2) is 5.24. The highest BCUT2D eigenvalue weighted by atomic mass is 14.9. The monoisotopic (exact) mass is 251 g/mol. The number of hydrogen-bond donors (Lipinski definition) is 2. The van der Waals surface area contributed by atoms with Crippen LogP contribution in [0.3, 0.4) is 0 Å². The Morgan fingerprint density at radius 2 is 1.47 bits per heavy atom. The van der Waals surface area contributed by atoms with Gasteiger partial charge in [-0.2, -0.15) is 0 Å². The van der Waals surface area contributed by atoms with Crippen molar-refractivity contribution in [2.45, 2.75) is 6.42 Å². The van der Waals surface area contributed by atoms with Crippen LogP contribution in [0.2, 0.25) is 0 Å². The van der Waals surface area contributed by atoms with Gasteiger partial charge in [0, 0.05) is 17.3 Å². The molecule has 0 unspecified atom stereocenters. The molecule has 0 atom stereocenters. The average molecular weight is 251 g/mol. The summed E-state index contributed by atoms with van der Waals surface area (Å²) in [5.74, 6) is 0. The molecule has 3 N–H and O–H groups in total. The first-order valence-electron chi connectivity index (χ1n) is 6.61. The number of anilines is 1. The minimum atomic E-state index is 0.702. The van der Waals surface area contributed by atoms with Crippen molar-refractivity contribution >= 4 is 27.5 Å². The Morgan fingerprint density at radius 1 is 0.895 bits per heavy atom. The minimum Gasteiger partial charge on any atom is -0.384 e. The van der Waals surface area contributed by atoms with Crippen molar-refractivity contribution in [1.82, 2.24) is 4.98 Å². The zero-order valence-electron chi connectivity index (χ0n) is 10.8. The molecular weight excluding hydrogens is 234 g/mol. The standard InChI is InChI=1S/C16H17N3/c17-10-5-11-18-16-12-6-1-3-8-14(12)19-15-9-4-2-7-13(15)16/h1-4,6-9H,5,10-11,17H2,(H,18,19). The van der Waals surface area contributed by atoms with E-state index in [4.69, 9.17) is 10.7 Å². The Labute approximate surface area is 112 Å². The molecule has 0 aliphatic carbocycles. The molecule has 0 saturated heterocycles. The van der Waals surface area contributed by atoms with Crippen molar-refractivity contribution in [2.24, 2.45) is 5.73 Å². The topological polar surface area (TPSA) is 50.9 Å². The lowest BCUT2D eigenvalue weighted by molar-refractivity contribution is 0.876. The number of fused-ring (bicyclic) bond motifs is 2. The van der Waals surface area contributed by atoms with Crippen molar-refractivity contribution < 1.29 is 0 Å². The van der Waals surface area contributed by atoms with E-state index in [0.717, 1.165) is 29.7 Å².